The normalized spacial score (nSPS) is 15.3. The molecular weight excluding hydrogens is 270 g/mol. The van der Waals surface area contributed by atoms with Gasteiger partial charge in [0, 0.05) is 29.5 Å². The van der Waals surface area contributed by atoms with Crippen molar-refractivity contribution in [2.24, 2.45) is 0 Å². The fourth-order valence-electron chi connectivity index (χ4n) is 0.886. The molecule has 0 aliphatic rings. The first-order valence-corrected chi connectivity index (χ1v) is 4.69. The summed E-state index contributed by atoms with van der Waals surface area (Å²) in [5.41, 5.74) is 1.06. The van der Waals surface area contributed by atoms with Crippen LogP contribution in [0.2, 0.25) is 0 Å². The molecule has 0 saturated carbocycles. The zero-order valence-corrected chi connectivity index (χ0v) is 9.13. The van der Waals surface area contributed by atoms with Crippen LogP contribution in [0.4, 0.5) is 4.39 Å². The van der Waals surface area contributed by atoms with E-state index in [0.717, 1.165) is 5.56 Å². The SMILES string of the molecule is Cc1cccc(OC(C)(F)I)c1. The number of alkyl halides is 2. The summed E-state index contributed by atoms with van der Waals surface area (Å²) in [6.45, 7) is 3.31. The Morgan fingerprint density at radius 2 is 2.17 bits per heavy atom. The number of hydrogen-bond acceptors (Lipinski definition) is 1. The second-order valence-corrected chi connectivity index (χ2v) is 4.65. The van der Waals surface area contributed by atoms with Crippen molar-refractivity contribution >= 4 is 22.6 Å². The summed E-state index contributed by atoms with van der Waals surface area (Å²) in [5.74, 6) is 0.564. The standard InChI is InChI=1S/C9H10FIO/c1-7-4-3-5-8(6-7)12-9(2,10)11/h3-6H,1-2H3. The van der Waals surface area contributed by atoms with Gasteiger partial charge in [-0.25, -0.2) is 0 Å². The lowest BCUT2D eigenvalue weighted by atomic mass is 10.2. The molecule has 0 bridgehead atoms. The molecule has 0 N–H and O–H groups in total. The Morgan fingerprint density at radius 3 is 2.67 bits per heavy atom. The van der Waals surface area contributed by atoms with Crippen molar-refractivity contribution in [1.82, 2.24) is 0 Å². The van der Waals surface area contributed by atoms with E-state index >= 15 is 0 Å². The molecule has 1 aromatic carbocycles. The average molecular weight is 280 g/mol. The number of ether oxygens (including phenoxy) is 1. The Morgan fingerprint density at radius 1 is 1.50 bits per heavy atom. The number of aryl methyl sites for hydroxylation is 1. The third kappa shape index (κ3) is 3.38. The molecule has 1 unspecified atom stereocenters. The van der Waals surface area contributed by atoms with E-state index in [0.29, 0.717) is 5.75 Å². The van der Waals surface area contributed by atoms with Crippen LogP contribution in [0.1, 0.15) is 12.5 Å². The van der Waals surface area contributed by atoms with E-state index in [-0.39, 0.29) is 0 Å². The third-order valence-corrected chi connectivity index (χ3v) is 1.51. The van der Waals surface area contributed by atoms with Crippen molar-refractivity contribution in [3.63, 3.8) is 0 Å². The van der Waals surface area contributed by atoms with E-state index in [9.17, 15) is 4.39 Å². The van der Waals surface area contributed by atoms with Crippen molar-refractivity contribution < 1.29 is 9.13 Å². The molecule has 0 aromatic heterocycles. The van der Waals surface area contributed by atoms with Gasteiger partial charge in [-0.1, -0.05) is 12.1 Å². The first-order chi connectivity index (χ1) is 5.47. The second kappa shape index (κ2) is 3.60. The van der Waals surface area contributed by atoms with Crippen LogP contribution >= 0.6 is 22.6 Å². The van der Waals surface area contributed by atoms with E-state index in [1.54, 1.807) is 34.7 Å². The molecule has 0 aliphatic heterocycles. The lowest BCUT2D eigenvalue weighted by molar-refractivity contribution is 0.0672. The Kier molecular flexibility index (Phi) is 2.93. The van der Waals surface area contributed by atoms with Gasteiger partial charge in [0.1, 0.15) is 5.75 Å². The highest BCUT2D eigenvalue weighted by Crippen LogP contribution is 2.25. The molecule has 1 aromatic rings. The Bertz CT molecular complexity index is 267. The fraction of sp³-hybridized carbons (Fsp3) is 0.333. The van der Waals surface area contributed by atoms with Gasteiger partial charge in [-0.2, -0.15) is 4.39 Å². The highest BCUT2D eigenvalue weighted by atomic mass is 127. The minimum absolute atomic E-state index is 0.564. The molecule has 1 nitrogen and oxygen atoms in total. The van der Waals surface area contributed by atoms with Gasteiger partial charge in [-0.05, 0) is 24.6 Å². The van der Waals surface area contributed by atoms with E-state index in [1.807, 2.05) is 19.1 Å². The van der Waals surface area contributed by atoms with Crippen molar-refractivity contribution in [2.45, 2.75) is 17.7 Å². The maximum atomic E-state index is 13.0. The highest BCUT2D eigenvalue weighted by Gasteiger charge is 2.19. The van der Waals surface area contributed by atoms with Crippen LogP contribution in [0.3, 0.4) is 0 Å². The molecule has 0 amide bonds. The van der Waals surface area contributed by atoms with Gasteiger partial charge in [0.15, 0.2) is 0 Å². The van der Waals surface area contributed by atoms with Gasteiger partial charge in [0.2, 0.25) is 0 Å². The molecule has 0 saturated heterocycles. The molecule has 0 heterocycles. The summed E-state index contributed by atoms with van der Waals surface area (Å²) in [7, 11) is 0. The first-order valence-electron chi connectivity index (χ1n) is 3.61. The topological polar surface area (TPSA) is 9.23 Å². The first kappa shape index (κ1) is 9.77. The maximum Gasteiger partial charge on any atom is 0.295 e. The Balaban J connectivity index is 2.77. The summed E-state index contributed by atoms with van der Waals surface area (Å²) in [5, 5.41) is 0. The molecular formula is C9H10FIO. The van der Waals surface area contributed by atoms with Crippen LogP contribution in [-0.2, 0) is 0 Å². The van der Waals surface area contributed by atoms with Crippen molar-refractivity contribution in [3.05, 3.63) is 29.8 Å². The monoisotopic (exact) mass is 280 g/mol. The smallest absolute Gasteiger partial charge is 0.295 e. The predicted molar refractivity (Wildman–Crippen MR) is 55.3 cm³/mol. The average Bonchev–Trinajstić information content (AvgIpc) is 1.82. The number of benzene rings is 1. The summed E-state index contributed by atoms with van der Waals surface area (Å²) in [6, 6.07) is 7.32. The summed E-state index contributed by atoms with van der Waals surface area (Å²) in [6.07, 6.45) is 0. The van der Waals surface area contributed by atoms with Gasteiger partial charge in [-0.15, -0.1) is 0 Å². The van der Waals surface area contributed by atoms with Crippen LogP contribution < -0.4 is 4.74 Å². The molecule has 1 rings (SSSR count). The van der Waals surface area contributed by atoms with Crippen LogP contribution in [-0.4, -0.2) is 3.86 Å². The molecule has 66 valence electrons. The van der Waals surface area contributed by atoms with E-state index in [1.165, 1.54) is 6.92 Å². The van der Waals surface area contributed by atoms with Crippen LogP contribution in [0.25, 0.3) is 0 Å². The largest absolute Gasteiger partial charge is 0.450 e. The number of hydrogen-bond donors (Lipinski definition) is 0. The lowest BCUT2D eigenvalue weighted by Gasteiger charge is -2.15. The third-order valence-electron chi connectivity index (χ3n) is 1.29. The molecule has 12 heavy (non-hydrogen) atoms. The Hall–Kier alpha value is -0.320. The minimum Gasteiger partial charge on any atom is -0.450 e. The van der Waals surface area contributed by atoms with Crippen LogP contribution in [0.5, 0.6) is 5.75 Å². The molecule has 0 radical (unpaired) electrons. The van der Waals surface area contributed by atoms with Gasteiger partial charge in [-0.3, -0.25) is 0 Å². The van der Waals surface area contributed by atoms with Crippen molar-refractivity contribution in [3.8, 4) is 5.75 Å². The van der Waals surface area contributed by atoms with E-state index in [2.05, 4.69) is 0 Å². The number of rotatable bonds is 2. The minimum atomic E-state index is -1.63. The Labute approximate surface area is 85.1 Å². The zero-order valence-electron chi connectivity index (χ0n) is 6.97. The summed E-state index contributed by atoms with van der Waals surface area (Å²) in [4.78, 5) is 0. The fourth-order valence-corrected chi connectivity index (χ4v) is 1.14. The summed E-state index contributed by atoms with van der Waals surface area (Å²) < 4.78 is 16.3. The number of halogens is 2. The van der Waals surface area contributed by atoms with E-state index < -0.39 is 3.86 Å². The van der Waals surface area contributed by atoms with Crippen molar-refractivity contribution in [1.29, 1.82) is 0 Å². The molecule has 0 aliphatic carbocycles. The van der Waals surface area contributed by atoms with Gasteiger partial charge in [0.05, 0.1) is 0 Å². The van der Waals surface area contributed by atoms with E-state index in [4.69, 9.17) is 4.74 Å². The van der Waals surface area contributed by atoms with Crippen LogP contribution in [0, 0.1) is 6.92 Å². The highest BCUT2D eigenvalue weighted by molar-refractivity contribution is 14.1. The molecule has 0 fully saturated rings. The predicted octanol–water partition coefficient (Wildman–Crippen LogP) is 3.45. The summed E-state index contributed by atoms with van der Waals surface area (Å²) >= 11 is 1.60. The lowest BCUT2D eigenvalue weighted by Crippen LogP contribution is -2.16. The van der Waals surface area contributed by atoms with Gasteiger partial charge < -0.3 is 4.74 Å². The molecule has 1 atom stereocenters. The van der Waals surface area contributed by atoms with Gasteiger partial charge in [0.25, 0.3) is 3.86 Å². The quantitative estimate of drug-likeness (QED) is 0.595. The zero-order chi connectivity index (χ0) is 9.19. The maximum absolute atomic E-state index is 13.0. The molecule has 0 spiro atoms. The second-order valence-electron chi connectivity index (χ2n) is 2.73. The molecule has 3 heteroatoms. The van der Waals surface area contributed by atoms with Crippen molar-refractivity contribution in [2.75, 3.05) is 0 Å². The van der Waals surface area contributed by atoms with Gasteiger partial charge >= 0.3 is 0 Å². The van der Waals surface area contributed by atoms with Crippen LogP contribution in [0.15, 0.2) is 24.3 Å².